The molecule has 1 aliphatic heterocycles. The van der Waals surface area contributed by atoms with Gasteiger partial charge in [-0.2, -0.15) is 0 Å². The Balaban J connectivity index is 1.52. The summed E-state index contributed by atoms with van der Waals surface area (Å²) in [5.74, 6) is -1.71. The van der Waals surface area contributed by atoms with Crippen LogP contribution in [0.2, 0.25) is 0 Å². The summed E-state index contributed by atoms with van der Waals surface area (Å²) in [5.41, 5.74) is 1.79. The number of carbonyl (C=O) groups excluding carboxylic acids is 2. The summed E-state index contributed by atoms with van der Waals surface area (Å²) in [6, 6.07) is 13.9. The number of nitrogens with zero attached hydrogens (tertiary/aromatic N) is 3. The number of aromatic carboxylic acids is 1. The molecule has 0 radical (unpaired) electrons. The van der Waals surface area contributed by atoms with Crippen LogP contribution in [0.3, 0.4) is 0 Å². The topological polar surface area (TPSA) is 68.6 Å². The van der Waals surface area contributed by atoms with Crippen LogP contribution in [-0.2, 0) is 18.3 Å². The van der Waals surface area contributed by atoms with Crippen molar-refractivity contribution in [3.63, 3.8) is 0 Å². The number of rotatable bonds is 4. The number of carbonyl (C=O) groups is 2. The third-order valence-corrected chi connectivity index (χ3v) is 5.56. The van der Waals surface area contributed by atoms with Crippen LogP contribution in [0.4, 0.5) is 10.1 Å². The van der Waals surface area contributed by atoms with E-state index in [1.165, 1.54) is 6.07 Å². The van der Waals surface area contributed by atoms with Crippen LogP contribution < -0.4 is 10.0 Å². The number of halogens is 1. The number of hydrogen-bond acceptors (Lipinski definition) is 4. The van der Waals surface area contributed by atoms with Gasteiger partial charge in [0, 0.05) is 44.1 Å². The first-order chi connectivity index (χ1) is 14.0. The summed E-state index contributed by atoms with van der Waals surface area (Å²) in [7, 11) is 1.66. The molecular weight excluding hydrogens is 373 g/mol. The molecule has 1 aromatic heterocycles. The van der Waals surface area contributed by atoms with E-state index in [2.05, 4.69) is 0 Å². The third-order valence-electron chi connectivity index (χ3n) is 5.56. The summed E-state index contributed by atoms with van der Waals surface area (Å²) in [6.45, 7) is 1.96. The zero-order valence-electron chi connectivity index (χ0n) is 16.1. The van der Waals surface area contributed by atoms with Gasteiger partial charge in [-0.15, -0.1) is 0 Å². The molecule has 0 bridgehead atoms. The first kappa shape index (κ1) is 19.0. The Morgan fingerprint density at radius 3 is 2.34 bits per heavy atom. The number of aromatic nitrogens is 1. The minimum absolute atomic E-state index is 0.00956. The maximum absolute atomic E-state index is 14.0. The van der Waals surface area contributed by atoms with E-state index in [1.54, 1.807) is 34.7 Å². The lowest BCUT2D eigenvalue weighted by Crippen LogP contribution is -2.49. The van der Waals surface area contributed by atoms with Gasteiger partial charge in [0.25, 0.3) is 0 Å². The highest BCUT2D eigenvalue weighted by molar-refractivity contribution is 6.00. The third kappa shape index (κ3) is 3.44. The highest BCUT2D eigenvalue weighted by atomic mass is 19.1. The van der Waals surface area contributed by atoms with Gasteiger partial charge in [0.1, 0.15) is 5.82 Å². The number of carboxylic acid groups (broad SMARTS) is 1. The van der Waals surface area contributed by atoms with Gasteiger partial charge in [0.15, 0.2) is 0 Å². The van der Waals surface area contributed by atoms with E-state index in [4.69, 9.17) is 0 Å². The molecule has 0 atom stereocenters. The van der Waals surface area contributed by atoms with E-state index in [9.17, 15) is 19.1 Å². The monoisotopic (exact) mass is 394 g/mol. The number of aryl methyl sites for hydroxylation is 1. The standard InChI is InChI=1S/C22H22FN3O3/c1-24-18-8-4-2-6-15(18)16(21(24)22(28)29)14-20(27)26-12-10-25(11-13-26)19-9-5-3-7-17(19)23/h2-9H,10-14H2,1H3,(H,28,29)/p-1. The molecule has 0 spiro atoms. The first-order valence-corrected chi connectivity index (χ1v) is 9.52. The van der Waals surface area contributed by atoms with Crippen molar-refractivity contribution in [1.29, 1.82) is 0 Å². The Hall–Kier alpha value is -3.35. The minimum atomic E-state index is -1.30. The molecule has 2 heterocycles. The molecule has 3 aromatic rings. The number of carboxylic acids is 1. The Bertz CT molecular complexity index is 1080. The van der Waals surface area contributed by atoms with Crippen molar-refractivity contribution in [1.82, 2.24) is 9.47 Å². The molecule has 1 amide bonds. The van der Waals surface area contributed by atoms with Gasteiger partial charge in [-0.3, -0.25) is 4.79 Å². The molecule has 2 aromatic carbocycles. The molecule has 0 unspecified atom stereocenters. The van der Waals surface area contributed by atoms with Crippen molar-refractivity contribution in [3.05, 3.63) is 65.6 Å². The molecule has 1 saturated heterocycles. The second-order valence-electron chi connectivity index (χ2n) is 7.19. The second-order valence-corrected chi connectivity index (χ2v) is 7.19. The Labute approximate surface area is 167 Å². The lowest BCUT2D eigenvalue weighted by Gasteiger charge is -2.36. The van der Waals surface area contributed by atoms with Crippen molar-refractivity contribution in [2.75, 3.05) is 31.1 Å². The first-order valence-electron chi connectivity index (χ1n) is 9.52. The maximum atomic E-state index is 14.0. The van der Waals surface area contributed by atoms with Gasteiger partial charge < -0.3 is 24.3 Å². The van der Waals surface area contributed by atoms with E-state index in [1.807, 2.05) is 29.2 Å². The van der Waals surface area contributed by atoms with Gasteiger partial charge in [-0.05, 0) is 23.8 Å². The van der Waals surface area contributed by atoms with E-state index in [0.29, 0.717) is 37.4 Å². The summed E-state index contributed by atoms with van der Waals surface area (Å²) >= 11 is 0. The molecule has 1 aliphatic rings. The van der Waals surface area contributed by atoms with Crippen LogP contribution in [0, 0.1) is 5.82 Å². The number of amides is 1. The number of para-hydroxylation sites is 2. The van der Waals surface area contributed by atoms with Crippen LogP contribution in [0.5, 0.6) is 0 Å². The average molecular weight is 394 g/mol. The predicted molar refractivity (Wildman–Crippen MR) is 106 cm³/mol. The Morgan fingerprint density at radius 2 is 1.66 bits per heavy atom. The van der Waals surface area contributed by atoms with Crippen LogP contribution in [-0.4, -0.2) is 47.5 Å². The fourth-order valence-corrected chi connectivity index (χ4v) is 4.08. The molecule has 4 rings (SSSR count). The molecule has 1 fully saturated rings. The lowest BCUT2D eigenvalue weighted by atomic mass is 10.1. The van der Waals surface area contributed by atoms with Gasteiger partial charge in [-0.25, -0.2) is 4.39 Å². The lowest BCUT2D eigenvalue weighted by molar-refractivity contribution is -0.255. The Morgan fingerprint density at radius 1 is 1.00 bits per heavy atom. The molecule has 0 N–H and O–H groups in total. The quantitative estimate of drug-likeness (QED) is 0.674. The zero-order valence-corrected chi connectivity index (χ0v) is 16.1. The van der Waals surface area contributed by atoms with E-state index in [-0.39, 0.29) is 23.8 Å². The fraction of sp³-hybridized carbons (Fsp3) is 0.273. The average Bonchev–Trinajstić information content (AvgIpc) is 3.00. The second kappa shape index (κ2) is 7.58. The largest absolute Gasteiger partial charge is 0.543 e. The van der Waals surface area contributed by atoms with E-state index >= 15 is 0 Å². The smallest absolute Gasteiger partial charge is 0.227 e. The zero-order chi connectivity index (χ0) is 20.5. The van der Waals surface area contributed by atoms with Crippen LogP contribution in [0.1, 0.15) is 16.1 Å². The van der Waals surface area contributed by atoms with Crippen LogP contribution in [0.25, 0.3) is 10.9 Å². The number of anilines is 1. The predicted octanol–water partition coefficient (Wildman–Crippen LogP) is 1.57. The van der Waals surface area contributed by atoms with Crippen molar-refractivity contribution in [3.8, 4) is 0 Å². The molecule has 6 nitrogen and oxygen atoms in total. The fourth-order valence-electron chi connectivity index (χ4n) is 4.08. The van der Waals surface area contributed by atoms with Crippen LogP contribution in [0.15, 0.2) is 48.5 Å². The van der Waals surface area contributed by atoms with Crippen LogP contribution >= 0.6 is 0 Å². The van der Waals surface area contributed by atoms with E-state index < -0.39 is 5.97 Å². The minimum Gasteiger partial charge on any atom is -0.543 e. The van der Waals surface area contributed by atoms with Crippen molar-refractivity contribution in [2.45, 2.75) is 6.42 Å². The number of fused-ring (bicyclic) bond motifs is 1. The molecule has 7 heteroatoms. The van der Waals surface area contributed by atoms with Crippen molar-refractivity contribution < 1.29 is 19.1 Å². The summed E-state index contributed by atoms with van der Waals surface area (Å²) in [4.78, 5) is 28.2. The van der Waals surface area contributed by atoms with Gasteiger partial charge in [0.05, 0.1) is 23.8 Å². The maximum Gasteiger partial charge on any atom is 0.227 e. The highest BCUT2D eigenvalue weighted by Gasteiger charge is 2.25. The number of piperazine rings is 1. The molecular formula is C22H21FN3O3-. The summed E-state index contributed by atoms with van der Waals surface area (Å²) in [6.07, 6.45) is -0.00956. The molecule has 150 valence electrons. The van der Waals surface area contributed by atoms with Gasteiger partial charge in [-0.1, -0.05) is 30.3 Å². The van der Waals surface area contributed by atoms with E-state index in [0.717, 1.165) is 10.9 Å². The van der Waals surface area contributed by atoms with Crippen molar-refractivity contribution >= 4 is 28.5 Å². The normalized spacial score (nSPS) is 14.4. The van der Waals surface area contributed by atoms with Gasteiger partial charge >= 0.3 is 0 Å². The molecule has 29 heavy (non-hydrogen) atoms. The summed E-state index contributed by atoms with van der Waals surface area (Å²) in [5, 5.41) is 12.4. The highest BCUT2D eigenvalue weighted by Crippen LogP contribution is 2.26. The number of benzene rings is 2. The SMILES string of the molecule is Cn1c(C(=O)[O-])c(CC(=O)N2CCN(c3ccccc3F)CC2)c2ccccc21. The molecule has 0 aliphatic carbocycles. The van der Waals surface area contributed by atoms with Crippen molar-refractivity contribution in [2.24, 2.45) is 7.05 Å². The summed E-state index contributed by atoms with van der Waals surface area (Å²) < 4.78 is 15.6. The van der Waals surface area contributed by atoms with Gasteiger partial charge in [0.2, 0.25) is 5.91 Å². The molecule has 0 saturated carbocycles. The Kier molecular flexibility index (Phi) is 4.96. The number of hydrogen-bond donors (Lipinski definition) is 0.